The highest BCUT2D eigenvalue weighted by molar-refractivity contribution is 5.81. The van der Waals surface area contributed by atoms with Crippen LogP contribution in [-0.2, 0) is 29.5 Å². The summed E-state index contributed by atoms with van der Waals surface area (Å²) in [7, 11) is 1.96. The maximum absolute atomic E-state index is 12.8. The van der Waals surface area contributed by atoms with Crippen molar-refractivity contribution in [2.45, 2.75) is 38.3 Å². The first-order valence-electron chi connectivity index (χ1n) is 8.64. The van der Waals surface area contributed by atoms with E-state index in [1.807, 2.05) is 28.8 Å². The lowest BCUT2D eigenvalue weighted by molar-refractivity contribution is -0.141. The second-order valence-electron chi connectivity index (χ2n) is 6.30. The molecule has 0 aliphatic carbocycles. The van der Waals surface area contributed by atoms with Gasteiger partial charge in [-0.2, -0.15) is 0 Å². The van der Waals surface area contributed by atoms with Gasteiger partial charge in [0, 0.05) is 32.6 Å². The Labute approximate surface area is 143 Å². The fourth-order valence-corrected chi connectivity index (χ4v) is 3.08. The summed E-state index contributed by atoms with van der Waals surface area (Å²) in [5.74, 6) is 1.00. The van der Waals surface area contributed by atoms with Crippen molar-refractivity contribution in [3.05, 3.63) is 54.1 Å². The topological polar surface area (TPSA) is 47.4 Å². The maximum atomic E-state index is 12.8. The number of imidazole rings is 1. The molecule has 5 heteroatoms. The summed E-state index contributed by atoms with van der Waals surface area (Å²) in [4.78, 5) is 19.1. The van der Waals surface area contributed by atoms with Gasteiger partial charge in [0.1, 0.15) is 11.9 Å². The number of rotatable bonds is 7. The summed E-state index contributed by atoms with van der Waals surface area (Å²) in [6.07, 6.45) is 7.11. The van der Waals surface area contributed by atoms with E-state index in [0.29, 0.717) is 13.2 Å². The Bertz CT molecular complexity index is 648. The fraction of sp³-hybridized carbons (Fsp3) is 0.474. The maximum Gasteiger partial charge on any atom is 0.252 e. The minimum Gasteiger partial charge on any atom is -0.368 e. The molecule has 1 aromatic heterocycles. The standard InChI is InChI=1S/C19H25N3O2/c1-21-13-11-20-18(21)15-22(19(23)17-10-6-14-24-17)12-5-9-16-7-3-2-4-8-16/h2-4,7-8,11,13,17H,5-6,9-10,12,14-15H2,1H3/t17-/m1/s1. The monoisotopic (exact) mass is 327 g/mol. The van der Waals surface area contributed by atoms with E-state index >= 15 is 0 Å². The van der Waals surface area contributed by atoms with Gasteiger partial charge in [0.25, 0.3) is 5.91 Å². The predicted molar refractivity (Wildman–Crippen MR) is 92.4 cm³/mol. The van der Waals surface area contributed by atoms with Gasteiger partial charge >= 0.3 is 0 Å². The molecule has 0 spiro atoms. The van der Waals surface area contributed by atoms with E-state index in [1.54, 1.807) is 6.20 Å². The highest BCUT2D eigenvalue weighted by Gasteiger charge is 2.28. The van der Waals surface area contributed by atoms with Gasteiger partial charge < -0.3 is 14.2 Å². The largest absolute Gasteiger partial charge is 0.368 e. The molecule has 0 N–H and O–H groups in total. The first-order valence-corrected chi connectivity index (χ1v) is 8.64. The molecule has 3 rings (SSSR count). The summed E-state index contributed by atoms with van der Waals surface area (Å²) in [6.45, 7) is 1.95. The van der Waals surface area contributed by atoms with Crippen LogP contribution in [0.3, 0.4) is 0 Å². The number of carbonyl (C=O) groups is 1. The molecule has 1 saturated heterocycles. The molecular weight excluding hydrogens is 302 g/mol. The van der Waals surface area contributed by atoms with Crippen molar-refractivity contribution < 1.29 is 9.53 Å². The van der Waals surface area contributed by atoms with Crippen LogP contribution in [0.15, 0.2) is 42.7 Å². The Morgan fingerprint density at radius 2 is 2.21 bits per heavy atom. The molecule has 1 aliphatic heterocycles. The zero-order valence-corrected chi connectivity index (χ0v) is 14.2. The molecule has 2 aromatic rings. The molecular formula is C19H25N3O2. The number of ether oxygens (including phenoxy) is 1. The second-order valence-corrected chi connectivity index (χ2v) is 6.30. The minimum atomic E-state index is -0.276. The molecule has 1 aliphatic rings. The average Bonchev–Trinajstić information content (AvgIpc) is 3.27. The zero-order chi connectivity index (χ0) is 16.8. The van der Waals surface area contributed by atoms with E-state index in [2.05, 4.69) is 29.2 Å². The van der Waals surface area contributed by atoms with Crippen LogP contribution in [0, 0.1) is 0 Å². The van der Waals surface area contributed by atoms with Crippen molar-refractivity contribution >= 4 is 5.91 Å². The SMILES string of the molecule is Cn1ccnc1CN(CCCc1ccccc1)C(=O)[C@H]1CCCO1. The first-order chi connectivity index (χ1) is 11.7. The smallest absolute Gasteiger partial charge is 0.252 e. The molecule has 1 amide bonds. The zero-order valence-electron chi connectivity index (χ0n) is 14.2. The van der Waals surface area contributed by atoms with Gasteiger partial charge in [0.2, 0.25) is 0 Å². The third-order valence-corrected chi connectivity index (χ3v) is 4.51. The van der Waals surface area contributed by atoms with Crippen LogP contribution in [0.4, 0.5) is 0 Å². The van der Waals surface area contributed by atoms with E-state index in [9.17, 15) is 4.79 Å². The predicted octanol–water partition coefficient (Wildman–Crippen LogP) is 2.56. The lowest BCUT2D eigenvalue weighted by Gasteiger charge is -2.25. The summed E-state index contributed by atoms with van der Waals surface area (Å²) >= 11 is 0. The summed E-state index contributed by atoms with van der Waals surface area (Å²) in [5.41, 5.74) is 1.30. The van der Waals surface area contributed by atoms with Crippen molar-refractivity contribution in [3.8, 4) is 0 Å². The highest BCUT2D eigenvalue weighted by atomic mass is 16.5. The van der Waals surface area contributed by atoms with Crippen LogP contribution in [0.2, 0.25) is 0 Å². The molecule has 1 aromatic carbocycles. The minimum absolute atomic E-state index is 0.101. The molecule has 1 fully saturated rings. The van der Waals surface area contributed by atoms with Crippen molar-refractivity contribution in [1.82, 2.24) is 14.5 Å². The number of hydrogen-bond donors (Lipinski definition) is 0. The Hall–Kier alpha value is -2.14. The van der Waals surface area contributed by atoms with Crippen molar-refractivity contribution in [1.29, 1.82) is 0 Å². The number of aryl methyl sites for hydroxylation is 2. The molecule has 0 saturated carbocycles. The van der Waals surface area contributed by atoms with Crippen LogP contribution < -0.4 is 0 Å². The van der Waals surface area contributed by atoms with Crippen molar-refractivity contribution in [2.24, 2.45) is 7.05 Å². The number of carbonyl (C=O) groups excluding carboxylic acids is 1. The first kappa shape index (κ1) is 16.7. The van der Waals surface area contributed by atoms with Crippen LogP contribution in [0.25, 0.3) is 0 Å². The lowest BCUT2D eigenvalue weighted by Crippen LogP contribution is -2.39. The van der Waals surface area contributed by atoms with E-state index in [4.69, 9.17) is 4.74 Å². The molecule has 128 valence electrons. The van der Waals surface area contributed by atoms with E-state index < -0.39 is 0 Å². The van der Waals surface area contributed by atoms with E-state index in [1.165, 1.54) is 5.56 Å². The highest BCUT2D eigenvalue weighted by Crippen LogP contribution is 2.17. The molecule has 1 atom stereocenters. The molecule has 0 bridgehead atoms. The van der Waals surface area contributed by atoms with Crippen LogP contribution in [0.1, 0.15) is 30.7 Å². The van der Waals surface area contributed by atoms with Gasteiger partial charge in [-0.15, -0.1) is 0 Å². The Morgan fingerprint density at radius 3 is 2.88 bits per heavy atom. The van der Waals surface area contributed by atoms with E-state index in [0.717, 1.165) is 38.1 Å². The number of hydrogen-bond acceptors (Lipinski definition) is 3. The summed E-state index contributed by atoms with van der Waals surface area (Å²) in [5, 5.41) is 0. The van der Waals surface area contributed by atoms with E-state index in [-0.39, 0.29) is 12.0 Å². The van der Waals surface area contributed by atoms with Crippen molar-refractivity contribution in [3.63, 3.8) is 0 Å². The Balaban J connectivity index is 1.62. The molecule has 2 heterocycles. The number of benzene rings is 1. The third kappa shape index (κ3) is 4.23. The van der Waals surface area contributed by atoms with Crippen LogP contribution >= 0.6 is 0 Å². The lowest BCUT2D eigenvalue weighted by atomic mass is 10.1. The van der Waals surface area contributed by atoms with Crippen LogP contribution in [0.5, 0.6) is 0 Å². The van der Waals surface area contributed by atoms with Gasteiger partial charge in [0.15, 0.2) is 0 Å². The molecule has 0 unspecified atom stereocenters. The van der Waals surface area contributed by atoms with Crippen molar-refractivity contribution in [2.75, 3.05) is 13.2 Å². The Morgan fingerprint density at radius 1 is 1.38 bits per heavy atom. The Kier molecular flexibility index (Phi) is 5.64. The van der Waals surface area contributed by atoms with Gasteiger partial charge in [-0.1, -0.05) is 30.3 Å². The molecule has 5 nitrogen and oxygen atoms in total. The van der Waals surface area contributed by atoms with Crippen LogP contribution in [-0.4, -0.2) is 39.6 Å². The second kappa shape index (κ2) is 8.11. The molecule has 24 heavy (non-hydrogen) atoms. The third-order valence-electron chi connectivity index (χ3n) is 4.51. The van der Waals surface area contributed by atoms with Gasteiger partial charge in [-0.05, 0) is 31.2 Å². The summed E-state index contributed by atoms with van der Waals surface area (Å²) < 4.78 is 7.56. The number of nitrogens with zero attached hydrogens (tertiary/aromatic N) is 3. The quantitative estimate of drug-likeness (QED) is 0.785. The fourth-order valence-electron chi connectivity index (χ4n) is 3.08. The number of aromatic nitrogens is 2. The van der Waals surface area contributed by atoms with Gasteiger partial charge in [-0.3, -0.25) is 4.79 Å². The van der Waals surface area contributed by atoms with Gasteiger partial charge in [-0.25, -0.2) is 4.98 Å². The van der Waals surface area contributed by atoms with Gasteiger partial charge in [0.05, 0.1) is 6.54 Å². The normalized spacial score (nSPS) is 17.1. The number of amides is 1. The molecule has 0 radical (unpaired) electrons. The summed E-state index contributed by atoms with van der Waals surface area (Å²) in [6, 6.07) is 10.4. The average molecular weight is 327 g/mol.